The van der Waals surface area contributed by atoms with E-state index in [2.05, 4.69) is 0 Å². The van der Waals surface area contributed by atoms with Gasteiger partial charge in [0.1, 0.15) is 13.2 Å². The molecule has 1 amide bonds. The second-order valence-electron chi connectivity index (χ2n) is 3.78. The number of amides is 1. The number of carbonyl (C=O) groups is 2. The van der Waals surface area contributed by atoms with Gasteiger partial charge in [0.05, 0.1) is 0 Å². The molecule has 0 radical (unpaired) electrons. The Hall–Kier alpha value is -1.88. The van der Waals surface area contributed by atoms with Gasteiger partial charge in [-0.3, -0.25) is 4.79 Å². The van der Waals surface area contributed by atoms with Crippen molar-refractivity contribution in [1.29, 1.82) is 0 Å². The summed E-state index contributed by atoms with van der Waals surface area (Å²) in [6, 6.07) is 9.61. The van der Waals surface area contributed by atoms with Crippen LogP contribution in [0.2, 0.25) is 0 Å². The molecule has 0 aliphatic rings. The van der Waals surface area contributed by atoms with Gasteiger partial charge in [0.15, 0.2) is 0 Å². The Kier molecular flexibility index (Phi) is 5.87. The number of carbonyl (C=O) groups excluding carboxylic acids is 1. The summed E-state index contributed by atoms with van der Waals surface area (Å²) in [5.74, 6) is -1.28. The van der Waals surface area contributed by atoms with Crippen molar-refractivity contribution in [2.45, 2.75) is 13.5 Å². The number of benzene rings is 1. The lowest BCUT2D eigenvalue weighted by Gasteiger charge is -2.20. The number of hydrogen-bond acceptors (Lipinski definition) is 3. The van der Waals surface area contributed by atoms with Crippen molar-refractivity contribution < 1.29 is 19.4 Å². The summed E-state index contributed by atoms with van der Waals surface area (Å²) in [6.45, 7) is 2.29. The average Bonchev–Trinajstić information content (AvgIpc) is 2.36. The van der Waals surface area contributed by atoms with E-state index in [1.807, 2.05) is 37.3 Å². The molecule has 0 unspecified atom stereocenters. The highest BCUT2D eigenvalue weighted by molar-refractivity contribution is 5.78. The van der Waals surface area contributed by atoms with Crippen molar-refractivity contribution >= 4 is 11.9 Å². The van der Waals surface area contributed by atoms with Crippen LogP contribution in [0.25, 0.3) is 0 Å². The standard InChI is InChI=1S/C13H17NO4/c1-2-14(8-11-6-4-3-5-7-11)12(15)9-18-10-13(16)17/h3-7H,2,8-10H2,1H3,(H,16,17). The Bertz CT molecular complexity index is 391. The molecule has 0 aliphatic heterocycles. The molecule has 98 valence electrons. The summed E-state index contributed by atoms with van der Waals surface area (Å²) in [5, 5.41) is 8.41. The first-order chi connectivity index (χ1) is 8.63. The molecule has 1 rings (SSSR count). The molecule has 5 heteroatoms. The fourth-order valence-electron chi connectivity index (χ4n) is 1.50. The molecule has 5 nitrogen and oxygen atoms in total. The molecule has 1 N–H and O–H groups in total. The molecule has 0 spiro atoms. The first kappa shape index (κ1) is 14.2. The predicted octanol–water partition coefficient (Wildman–Crippen LogP) is 1.14. The zero-order chi connectivity index (χ0) is 13.4. The number of aliphatic carboxylic acids is 1. The third-order valence-corrected chi connectivity index (χ3v) is 2.40. The van der Waals surface area contributed by atoms with Crippen molar-refractivity contribution in [2.24, 2.45) is 0 Å². The van der Waals surface area contributed by atoms with E-state index in [-0.39, 0.29) is 12.5 Å². The van der Waals surface area contributed by atoms with Gasteiger partial charge in [0.25, 0.3) is 0 Å². The number of rotatable bonds is 7. The minimum absolute atomic E-state index is 0.201. The lowest BCUT2D eigenvalue weighted by Crippen LogP contribution is -2.33. The van der Waals surface area contributed by atoms with Gasteiger partial charge in [-0.25, -0.2) is 4.79 Å². The number of hydrogen-bond donors (Lipinski definition) is 1. The van der Waals surface area contributed by atoms with Crippen LogP contribution in [0.5, 0.6) is 0 Å². The number of likely N-dealkylation sites (N-methyl/N-ethyl adjacent to an activating group) is 1. The predicted molar refractivity (Wildman–Crippen MR) is 66.0 cm³/mol. The topological polar surface area (TPSA) is 66.8 Å². The molecule has 1 aromatic carbocycles. The fraction of sp³-hybridized carbons (Fsp3) is 0.385. The van der Waals surface area contributed by atoms with E-state index < -0.39 is 12.6 Å². The van der Waals surface area contributed by atoms with Gasteiger partial charge in [0, 0.05) is 13.1 Å². The van der Waals surface area contributed by atoms with Gasteiger partial charge < -0.3 is 14.7 Å². The van der Waals surface area contributed by atoms with Crippen LogP contribution in [0, 0.1) is 0 Å². The summed E-state index contributed by atoms with van der Waals surface area (Å²) in [6.07, 6.45) is 0. The van der Waals surface area contributed by atoms with Crippen LogP contribution in [-0.2, 0) is 20.9 Å². The lowest BCUT2D eigenvalue weighted by atomic mass is 10.2. The van der Waals surface area contributed by atoms with E-state index in [1.165, 1.54) is 0 Å². The maximum atomic E-state index is 11.8. The maximum absolute atomic E-state index is 11.8. The van der Waals surface area contributed by atoms with Crippen LogP contribution in [-0.4, -0.2) is 41.6 Å². The summed E-state index contributed by atoms with van der Waals surface area (Å²) in [4.78, 5) is 23.7. The van der Waals surface area contributed by atoms with Gasteiger partial charge in [-0.1, -0.05) is 30.3 Å². The molecule has 18 heavy (non-hydrogen) atoms. The van der Waals surface area contributed by atoms with E-state index in [9.17, 15) is 9.59 Å². The minimum atomic E-state index is -1.08. The van der Waals surface area contributed by atoms with Gasteiger partial charge in [0.2, 0.25) is 5.91 Å². The van der Waals surface area contributed by atoms with Crippen LogP contribution < -0.4 is 0 Å². The van der Waals surface area contributed by atoms with Crippen molar-refractivity contribution in [2.75, 3.05) is 19.8 Å². The van der Waals surface area contributed by atoms with Crippen LogP contribution in [0.3, 0.4) is 0 Å². The monoisotopic (exact) mass is 251 g/mol. The Balaban J connectivity index is 2.45. The fourth-order valence-corrected chi connectivity index (χ4v) is 1.50. The Morgan fingerprint density at radius 1 is 1.22 bits per heavy atom. The molecule has 0 fully saturated rings. The van der Waals surface area contributed by atoms with Crippen LogP contribution in [0.1, 0.15) is 12.5 Å². The molecule has 0 aliphatic carbocycles. The first-order valence-electron chi connectivity index (χ1n) is 5.74. The highest BCUT2D eigenvalue weighted by Gasteiger charge is 2.12. The van der Waals surface area contributed by atoms with Crippen LogP contribution in [0.15, 0.2) is 30.3 Å². The Labute approximate surface area is 106 Å². The minimum Gasteiger partial charge on any atom is -0.480 e. The Morgan fingerprint density at radius 2 is 1.89 bits per heavy atom. The second kappa shape index (κ2) is 7.45. The molecule has 0 heterocycles. The van der Waals surface area contributed by atoms with Gasteiger partial charge in [-0.15, -0.1) is 0 Å². The number of nitrogens with zero attached hydrogens (tertiary/aromatic N) is 1. The van der Waals surface area contributed by atoms with Crippen LogP contribution in [0.4, 0.5) is 0 Å². The van der Waals surface area contributed by atoms with E-state index in [1.54, 1.807) is 4.90 Å². The van der Waals surface area contributed by atoms with Gasteiger partial charge in [-0.05, 0) is 12.5 Å². The van der Waals surface area contributed by atoms with Crippen molar-refractivity contribution in [3.8, 4) is 0 Å². The molecule has 0 aromatic heterocycles. The highest BCUT2D eigenvalue weighted by atomic mass is 16.5. The molecule has 1 aromatic rings. The highest BCUT2D eigenvalue weighted by Crippen LogP contribution is 2.04. The van der Waals surface area contributed by atoms with E-state index in [0.717, 1.165) is 5.56 Å². The largest absolute Gasteiger partial charge is 0.480 e. The summed E-state index contributed by atoms with van der Waals surface area (Å²) >= 11 is 0. The third kappa shape index (κ3) is 4.97. The van der Waals surface area contributed by atoms with E-state index in [0.29, 0.717) is 13.1 Å². The Morgan fingerprint density at radius 3 is 2.44 bits per heavy atom. The van der Waals surface area contributed by atoms with Crippen molar-refractivity contribution in [1.82, 2.24) is 4.90 Å². The molecule has 0 bridgehead atoms. The third-order valence-electron chi connectivity index (χ3n) is 2.40. The molecule has 0 saturated carbocycles. The first-order valence-corrected chi connectivity index (χ1v) is 5.74. The maximum Gasteiger partial charge on any atom is 0.329 e. The van der Waals surface area contributed by atoms with Crippen molar-refractivity contribution in [3.05, 3.63) is 35.9 Å². The van der Waals surface area contributed by atoms with Crippen molar-refractivity contribution in [3.63, 3.8) is 0 Å². The molecule has 0 atom stereocenters. The van der Waals surface area contributed by atoms with Gasteiger partial charge in [-0.2, -0.15) is 0 Å². The molecular weight excluding hydrogens is 234 g/mol. The van der Waals surface area contributed by atoms with Crippen LogP contribution >= 0.6 is 0 Å². The number of carboxylic acids is 1. The zero-order valence-corrected chi connectivity index (χ0v) is 10.3. The number of ether oxygens (including phenoxy) is 1. The van der Waals surface area contributed by atoms with E-state index >= 15 is 0 Å². The molecule has 0 saturated heterocycles. The summed E-state index contributed by atoms with van der Waals surface area (Å²) in [5.41, 5.74) is 1.03. The smallest absolute Gasteiger partial charge is 0.329 e. The second-order valence-corrected chi connectivity index (χ2v) is 3.78. The average molecular weight is 251 g/mol. The molecular formula is C13H17NO4. The summed E-state index contributed by atoms with van der Waals surface area (Å²) < 4.78 is 4.79. The van der Waals surface area contributed by atoms with Gasteiger partial charge >= 0.3 is 5.97 Å². The quantitative estimate of drug-likeness (QED) is 0.789. The normalized spacial score (nSPS) is 10.1. The van der Waals surface area contributed by atoms with E-state index in [4.69, 9.17) is 9.84 Å². The SMILES string of the molecule is CCN(Cc1ccccc1)C(=O)COCC(=O)O. The number of carboxylic acid groups (broad SMARTS) is 1. The zero-order valence-electron chi connectivity index (χ0n) is 10.3. The summed E-state index contributed by atoms with van der Waals surface area (Å²) in [7, 11) is 0. The lowest BCUT2D eigenvalue weighted by molar-refractivity contribution is -0.146.